The third kappa shape index (κ3) is 3.39. The number of Topliss-reactive ketones (excluding diaryl/α,β-unsaturated/α-hetero) is 1. The van der Waals surface area contributed by atoms with Gasteiger partial charge in [-0.15, -0.1) is 0 Å². The van der Waals surface area contributed by atoms with E-state index in [9.17, 15) is 19.5 Å². The van der Waals surface area contributed by atoms with Crippen LogP contribution in [0.4, 0.5) is 0 Å². The number of hydrogen-bond donors (Lipinski definition) is 3. The molecule has 0 saturated carbocycles. The minimum absolute atomic E-state index is 0.0238. The zero-order valence-corrected chi connectivity index (χ0v) is 11.4. The molecule has 0 spiro atoms. The predicted molar refractivity (Wildman–Crippen MR) is 68.7 cm³/mol. The van der Waals surface area contributed by atoms with Gasteiger partial charge in [-0.1, -0.05) is 22.0 Å². The van der Waals surface area contributed by atoms with Crippen LogP contribution >= 0.6 is 15.9 Å². The molecular weight excluding hydrogens is 320 g/mol. The lowest BCUT2D eigenvalue weighted by atomic mass is 9.95. The van der Waals surface area contributed by atoms with Gasteiger partial charge in [0.25, 0.3) is 0 Å². The van der Waals surface area contributed by atoms with Crippen molar-refractivity contribution < 1.29 is 29.7 Å². The lowest BCUT2D eigenvalue weighted by Crippen LogP contribution is -2.19. The van der Waals surface area contributed by atoms with Gasteiger partial charge in [-0.2, -0.15) is 0 Å². The van der Waals surface area contributed by atoms with Crippen LogP contribution in [-0.2, 0) is 4.79 Å². The number of alkyl halides is 1. The molecule has 0 aromatic heterocycles. The molecule has 2 atom stereocenters. The number of hydrogen-bond acceptors (Lipinski definition) is 4. The van der Waals surface area contributed by atoms with E-state index in [1.54, 1.807) is 6.92 Å². The number of carboxylic acids is 2. The highest BCUT2D eigenvalue weighted by Crippen LogP contribution is 2.23. The maximum absolute atomic E-state index is 11.9. The fraction of sp³-hybridized carbons (Fsp3) is 0.250. The van der Waals surface area contributed by atoms with Gasteiger partial charge in [0, 0.05) is 11.1 Å². The minimum Gasteiger partial charge on any atom is -0.479 e. The number of rotatable bonds is 5. The van der Waals surface area contributed by atoms with Crippen LogP contribution in [0.2, 0.25) is 0 Å². The second-order valence-corrected chi connectivity index (χ2v) is 5.20. The first-order valence-corrected chi connectivity index (χ1v) is 6.13. The van der Waals surface area contributed by atoms with Gasteiger partial charge in [0.15, 0.2) is 11.9 Å². The molecule has 0 heterocycles. The number of halogens is 1. The van der Waals surface area contributed by atoms with Crippen LogP contribution in [0.3, 0.4) is 0 Å². The van der Waals surface area contributed by atoms with Gasteiger partial charge in [0.1, 0.15) is 0 Å². The molecule has 0 amide bonds. The average Bonchev–Trinajstić information content (AvgIpc) is 2.35. The smallest absolute Gasteiger partial charge is 0.337 e. The first-order chi connectivity index (χ1) is 8.75. The summed E-state index contributed by atoms with van der Waals surface area (Å²) in [6.45, 7) is 1.55. The largest absolute Gasteiger partial charge is 0.479 e. The maximum atomic E-state index is 11.9. The molecule has 1 aromatic carbocycles. The van der Waals surface area contributed by atoms with Crippen molar-refractivity contribution in [2.75, 3.05) is 0 Å². The van der Waals surface area contributed by atoms with Crippen LogP contribution < -0.4 is 0 Å². The molecule has 102 valence electrons. The van der Waals surface area contributed by atoms with Crippen LogP contribution in [0, 0.1) is 0 Å². The zero-order valence-electron chi connectivity index (χ0n) is 9.83. The van der Waals surface area contributed by atoms with Crippen molar-refractivity contribution in [3.63, 3.8) is 0 Å². The number of ketones is 1. The zero-order chi connectivity index (χ0) is 14.7. The van der Waals surface area contributed by atoms with Crippen LogP contribution in [0.25, 0.3) is 0 Å². The van der Waals surface area contributed by atoms with Crippen LogP contribution in [0.5, 0.6) is 0 Å². The first kappa shape index (κ1) is 15.3. The topological polar surface area (TPSA) is 112 Å². The molecule has 0 aliphatic carbocycles. The maximum Gasteiger partial charge on any atom is 0.337 e. The van der Waals surface area contributed by atoms with Gasteiger partial charge in [-0.3, -0.25) is 4.79 Å². The standard InChI is InChI=1S/C12H11BrO6/c1-5(13)9(14)7-3-2-6(11(16)17)4-8(7)10(15)12(18)19/h2-5,10,15H,1H3,(H,16,17)(H,18,19). The number of aliphatic carboxylic acids is 1. The van der Waals surface area contributed by atoms with Crippen molar-refractivity contribution in [1.29, 1.82) is 0 Å². The van der Waals surface area contributed by atoms with Crippen LogP contribution in [-0.4, -0.2) is 37.9 Å². The molecule has 1 rings (SSSR count). The van der Waals surface area contributed by atoms with E-state index >= 15 is 0 Å². The van der Waals surface area contributed by atoms with Crippen molar-refractivity contribution in [3.8, 4) is 0 Å². The molecule has 19 heavy (non-hydrogen) atoms. The number of carbonyl (C=O) groups is 3. The Morgan fingerprint density at radius 2 is 1.79 bits per heavy atom. The van der Waals surface area contributed by atoms with Crippen molar-refractivity contribution in [2.24, 2.45) is 0 Å². The Morgan fingerprint density at radius 1 is 1.21 bits per heavy atom. The minimum atomic E-state index is -1.95. The van der Waals surface area contributed by atoms with E-state index in [1.165, 1.54) is 12.1 Å². The van der Waals surface area contributed by atoms with Crippen LogP contribution in [0.1, 0.15) is 39.3 Å². The normalized spacial score (nSPS) is 13.6. The van der Waals surface area contributed by atoms with Crippen molar-refractivity contribution in [2.45, 2.75) is 17.9 Å². The van der Waals surface area contributed by atoms with Gasteiger partial charge >= 0.3 is 11.9 Å². The fourth-order valence-electron chi connectivity index (χ4n) is 1.49. The number of carbonyl (C=O) groups excluding carboxylic acids is 1. The summed E-state index contributed by atoms with van der Waals surface area (Å²) in [6.07, 6.45) is -1.95. The number of aliphatic hydroxyl groups is 1. The number of carboxylic acid groups (broad SMARTS) is 2. The number of benzene rings is 1. The summed E-state index contributed by atoms with van der Waals surface area (Å²) in [6, 6.07) is 3.37. The number of aromatic carboxylic acids is 1. The van der Waals surface area contributed by atoms with E-state index in [1.807, 2.05) is 0 Å². The van der Waals surface area contributed by atoms with Gasteiger partial charge in [0.05, 0.1) is 10.4 Å². The van der Waals surface area contributed by atoms with Gasteiger partial charge in [-0.05, 0) is 19.1 Å². The van der Waals surface area contributed by atoms with E-state index in [4.69, 9.17) is 10.2 Å². The Bertz CT molecular complexity index is 537. The van der Waals surface area contributed by atoms with Gasteiger partial charge < -0.3 is 15.3 Å². The summed E-state index contributed by atoms with van der Waals surface area (Å²) in [5, 5.41) is 27.2. The quantitative estimate of drug-likeness (QED) is 0.556. The summed E-state index contributed by atoms with van der Waals surface area (Å²) in [5.74, 6) is -3.27. The second kappa shape index (κ2) is 5.94. The van der Waals surface area contributed by atoms with Crippen molar-refractivity contribution >= 4 is 33.7 Å². The van der Waals surface area contributed by atoms with Crippen molar-refractivity contribution in [3.05, 3.63) is 34.9 Å². The highest BCUT2D eigenvalue weighted by molar-refractivity contribution is 9.10. The van der Waals surface area contributed by atoms with E-state index < -0.39 is 28.7 Å². The average molecular weight is 331 g/mol. The summed E-state index contributed by atoms with van der Waals surface area (Å²) in [5.41, 5.74) is -0.456. The van der Waals surface area contributed by atoms with E-state index in [0.29, 0.717) is 0 Å². The Labute approximate surface area is 116 Å². The Morgan fingerprint density at radius 3 is 2.21 bits per heavy atom. The lowest BCUT2D eigenvalue weighted by Gasteiger charge is -2.13. The van der Waals surface area contributed by atoms with Crippen molar-refractivity contribution in [1.82, 2.24) is 0 Å². The number of aliphatic hydroxyl groups excluding tert-OH is 1. The summed E-state index contributed by atoms with van der Waals surface area (Å²) >= 11 is 3.05. The molecule has 0 aliphatic heterocycles. The first-order valence-electron chi connectivity index (χ1n) is 5.22. The Balaban J connectivity index is 3.42. The molecule has 1 aromatic rings. The Kier molecular flexibility index (Phi) is 4.79. The summed E-state index contributed by atoms with van der Waals surface area (Å²) < 4.78 is 0. The molecule has 0 saturated heterocycles. The molecule has 0 radical (unpaired) electrons. The third-order valence-electron chi connectivity index (χ3n) is 2.45. The third-order valence-corrected chi connectivity index (χ3v) is 2.87. The van der Waals surface area contributed by atoms with E-state index in [2.05, 4.69) is 15.9 Å². The molecule has 0 bridgehead atoms. The summed E-state index contributed by atoms with van der Waals surface area (Å²) in [7, 11) is 0. The van der Waals surface area contributed by atoms with Crippen LogP contribution in [0.15, 0.2) is 18.2 Å². The predicted octanol–water partition coefficient (Wildman–Crippen LogP) is 1.47. The molecule has 0 aliphatic rings. The molecular formula is C12H11BrO6. The molecule has 6 nitrogen and oxygen atoms in total. The lowest BCUT2D eigenvalue weighted by molar-refractivity contribution is -0.146. The Hall–Kier alpha value is -1.73. The fourth-order valence-corrected chi connectivity index (χ4v) is 1.74. The highest BCUT2D eigenvalue weighted by atomic mass is 79.9. The summed E-state index contributed by atoms with van der Waals surface area (Å²) in [4.78, 5) is 32.9. The van der Waals surface area contributed by atoms with Gasteiger partial charge in [0.2, 0.25) is 0 Å². The molecule has 3 N–H and O–H groups in total. The molecule has 0 fully saturated rings. The highest BCUT2D eigenvalue weighted by Gasteiger charge is 2.25. The SMILES string of the molecule is CC(Br)C(=O)c1ccc(C(=O)O)cc1C(O)C(=O)O. The van der Waals surface area contributed by atoms with E-state index in [-0.39, 0.29) is 16.7 Å². The molecule has 2 unspecified atom stereocenters. The van der Waals surface area contributed by atoms with E-state index in [0.717, 1.165) is 6.07 Å². The monoisotopic (exact) mass is 330 g/mol. The second-order valence-electron chi connectivity index (χ2n) is 3.83. The molecule has 7 heteroatoms. The van der Waals surface area contributed by atoms with Gasteiger partial charge in [-0.25, -0.2) is 9.59 Å².